The second-order valence-corrected chi connectivity index (χ2v) is 3.89. The fourth-order valence-corrected chi connectivity index (χ4v) is 1.59. The van der Waals surface area contributed by atoms with Gasteiger partial charge >= 0.3 is 0 Å². The van der Waals surface area contributed by atoms with E-state index in [4.69, 9.17) is 5.11 Å². The Morgan fingerprint density at radius 1 is 0.955 bits per heavy atom. The molecule has 0 aliphatic heterocycles. The number of nitro groups is 2. The second kappa shape index (κ2) is 7.81. The molecule has 0 heterocycles. The summed E-state index contributed by atoms with van der Waals surface area (Å²) >= 11 is 0. The van der Waals surface area contributed by atoms with Gasteiger partial charge in [0, 0.05) is 11.8 Å². The van der Waals surface area contributed by atoms with E-state index in [1.807, 2.05) is 0 Å². The maximum Gasteiger partial charge on any atom is 0.299 e. The molecule has 4 N–H and O–H groups in total. The molecule has 0 amide bonds. The van der Waals surface area contributed by atoms with E-state index < -0.39 is 15.5 Å². The van der Waals surface area contributed by atoms with Crippen molar-refractivity contribution in [2.24, 2.45) is 0 Å². The van der Waals surface area contributed by atoms with Gasteiger partial charge in [0.25, 0.3) is 11.4 Å². The van der Waals surface area contributed by atoms with Gasteiger partial charge < -0.3 is 15.9 Å². The highest BCUT2D eigenvalue weighted by molar-refractivity contribution is 7.59. The largest absolute Gasteiger partial charge is 0.508 e. The molecule has 2 rings (SSSR count). The molecule has 0 radical (unpaired) electrons. The molecular formula is C12H13N3O6S. The molecule has 0 spiro atoms. The van der Waals surface area contributed by atoms with Crippen molar-refractivity contribution in [2.75, 3.05) is 5.32 Å². The fraction of sp³-hybridized carbons (Fsp3) is 0. The van der Waals surface area contributed by atoms with Gasteiger partial charge in [-0.3, -0.25) is 20.2 Å². The molecular weight excluding hydrogens is 314 g/mol. The zero-order valence-electron chi connectivity index (χ0n) is 11.0. The maximum absolute atomic E-state index is 10.9. The molecule has 0 fully saturated rings. The molecule has 0 atom stereocenters. The van der Waals surface area contributed by atoms with Crippen LogP contribution in [0, 0.1) is 20.2 Å². The van der Waals surface area contributed by atoms with Gasteiger partial charge in [0.2, 0.25) is 0 Å². The highest BCUT2D eigenvalue weighted by Gasteiger charge is 2.19. The highest BCUT2D eigenvalue weighted by atomic mass is 32.1. The number of anilines is 2. The van der Waals surface area contributed by atoms with Crippen LogP contribution in [0.25, 0.3) is 0 Å². The highest BCUT2D eigenvalue weighted by Crippen LogP contribution is 2.31. The lowest BCUT2D eigenvalue weighted by Gasteiger charge is -2.07. The van der Waals surface area contributed by atoms with Gasteiger partial charge in [-0.25, -0.2) is 0 Å². The summed E-state index contributed by atoms with van der Waals surface area (Å²) in [6.45, 7) is 0. The zero-order valence-corrected chi connectivity index (χ0v) is 12.0. The van der Waals surface area contributed by atoms with Crippen LogP contribution < -0.4 is 5.32 Å². The van der Waals surface area contributed by atoms with Crippen molar-refractivity contribution in [3.63, 3.8) is 0 Å². The number of nitrogens with zero attached hydrogens (tertiary/aromatic N) is 2. The van der Waals surface area contributed by atoms with Crippen LogP contribution in [-0.2, 0) is 0 Å². The average Bonchev–Trinajstić information content (AvgIpc) is 2.41. The standard InChI is InChI=1S/C12H9N3O5.H2O.H2S/c16-10-4-1-8(2-5-10)13-11-6-3-9(14(17)18)7-12(11)15(19)20;;/h1-7,13,16H;2*1H2. The number of nitrogens with one attached hydrogen (secondary N) is 1. The summed E-state index contributed by atoms with van der Waals surface area (Å²) in [6.07, 6.45) is 0. The zero-order chi connectivity index (χ0) is 14.7. The summed E-state index contributed by atoms with van der Waals surface area (Å²) < 4.78 is 0. The van der Waals surface area contributed by atoms with Gasteiger partial charge in [-0.1, -0.05) is 0 Å². The van der Waals surface area contributed by atoms with Crippen molar-refractivity contribution in [2.45, 2.75) is 0 Å². The van der Waals surface area contributed by atoms with Crippen LogP contribution in [0.1, 0.15) is 0 Å². The van der Waals surface area contributed by atoms with Crippen LogP contribution in [-0.4, -0.2) is 20.4 Å². The molecule has 0 aromatic heterocycles. The third kappa shape index (κ3) is 4.33. The lowest BCUT2D eigenvalue weighted by Crippen LogP contribution is -1.98. The summed E-state index contributed by atoms with van der Waals surface area (Å²) in [5.41, 5.74) is -0.105. The molecule has 10 heteroatoms. The normalized spacial score (nSPS) is 9.09. The average molecular weight is 327 g/mol. The fourth-order valence-electron chi connectivity index (χ4n) is 1.59. The second-order valence-electron chi connectivity index (χ2n) is 3.89. The molecule has 9 nitrogen and oxygen atoms in total. The Bertz CT molecular complexity index is 677. The van der Waals surface area contributed by atoms with Gasteiger partial charge in [0.15, 0.2) is 0 Å². The topological polar surface area (TPSA) is 150 Å². The van der Waals surface area contributed by atoms with E-state index >= 15 is 0 Å². The van der Waals surface area contributed by atoms with Crippen LogP contribution in [0.4, 0.5) is 22.7 Å². The van der Waals surface area contributed by atoms with Gasteiger partial charge in [-0.15, -0.1) is 0 Å². The van der Waals surface area contributed by atoms with Crippen LogP contribution in [0.3, 0.4) is 0 Å². The first-order chi connectivity index (χ1) is 9.47. The van der Waals surface area contributed by atoms with Crippen LogP contribution in [0.5, 0.6) is 5.75 Å². The van der Waals surface area contributed by atoms with Gasteiger partial charge in [-0.05, 0) is 30.3 Å². The van der Waals surface area contributed by atoms with Crippen LogP contribution >= 0.6 is 13.5 Å². The summed E-state index contributed by atoms with van der Waals surface area (Å²) in [5, 5.41) is 33.5. The number of nitro benzene ring substituents is 2. The van der Waals surface area contributed by atoms with E-state index in [2.05, 4.69) is 5.32 Å². The number of benzene rings is 2. The Hall–Kier alpha value is -2.85. The minimum atomic E-state index is -0.699. The Balaban J connectivity index is 0.00000220. The summed E-state index contributed by atoms with van der Waals surface area (Å²) in [5.74, 6) is 0.0637. The van der Waals surface area contributed by atoms with E-state index in [1.165, 1.54) is 36.4 Å². The summed E-state index contributed by atoms with van der Waals surface area (Å²) in [4.78, 5) is 20.2. The molecule has 0 saturated carbocycles. The summed E-state index contributed by atoms with van der Waals surface area (Å²) in [6, 6.07) is 9.22. The molecule has 2 aromatic carbocycles. The third-order valence-electron chi connectivity index (χ3n) is 2.54. The lowest BCUT2D eigenvalue weighted by molar-refractivity contribution is -0.393. The maximum atomic E-state index is 10.9. The molecule has 0 bridgehead atoms. The van der Waals surface area contributed by atoms with E-state index in [-0.39, 0.29) is 36.1 Å². The molecule has 0 saturated heterocycles. The van der Waals surface area contributed by atoms with Crippen LogP contribution in [0.15, 0.2) is 42.5 Å². The van der Waals surface area contributed by atoms with E-state index in [0.717, 1.165) is 6.07 Å². The Kier molecular flexibility index (Phi) is 6.80. The lowest BCUT2D eigenvalue weighted by atomic mass is 10.2. The van der Waals surface area contributed by atoms with E-state index in [1.54, 1.807) is 0 Å². The number of hydrogen-bond donors (Lipinski definition) is 2. The smallest absolute Gasteiger partial charge is 0.299 e. The van der Waals surface area contributed by atoms with Gasteiger partial charge in [-0.2, -0.15) is 13.5 Å². The Morgan fingerprint density at radius 2 is 1.55 bits per heavy atom. The number of hydrogen-bond acceptors (Lipinski definition) is 6. The van der Waals surface area contributed by atoms with Crippen molar-refractivity contribution in [3.8, 4) is 5.75 Å². The first-order valence-corrected chi connectivity index (χ1v) is 5.46. The first-order valence-electron chi connectivity index (χ1n) is 5.46. The molecule has 0 unspecified atom stereocenters. The molecule has 0 aliphatic carbocycles. The number of non-ortho nitro benzene ring substituents is 1. The van der Waals surface area contributed by atoms with Crippen molar-refractivity contribution in [3.05, 3.63) is 62.7 Å². The van der Waals surface area contributed by atoms with Crippen molar-refractivity contribution in [1.82, 2.24) is 0 Å². The van der Waals surface area contributed by atoms with Crippen molar-refractivity contribution < 1.29 is 20.4 Å². The van der Waals surface area contributed by atoms with Gasteiger partial charge in [0.05, 0.1) is 15.9 Å². The SMILES string of the molecule is O.O=[N+]([O-])c1ccc(Nc2ccc(O)cc2)c([N+](=O)[O-])c1.S. The third-order valence-corrected chi connectivity index (χ3v) is 2.54. The Morgan fingerprint density at radius 3 is 2.05 bits per heavy atom. The van der Waals surface area contributed by atoms with Crippen molar-refractivity contribution in [1.29, 1.82) is 0 Å². The predicted molar refractivity (Wildman–Crippen MR) is 85.1 cm³/mol. The number of phenols is 1. The minimum Gasteiger partial charge on any atom is -0.508 e. The molecule has 0 aliphatic rings. The van der Waals surface area contributed by atoms with E-state index in [0.29, 0.717) is 5.69 Å². The van der Waals surface area contributed by atoms with E-state index in [9.17, 15) is 20.2 Å². The first kappa shape index (κ1) is 19.1. The number of phenolic OH excluding ortho intramolecular Hbond substituents is 1. The number of aromatic hydroxyl groups is 1. The summed E-state index contributed by atoms with van der Waals surface area (Å²) in [7, 11) is 0. The monoisotopic (exact) mass is 327 g/mol. The molecule has 118 valence electrons. The molecule has 2 aromatic rings. The predicted octanol–water partition coefficient (Wildman–Crippen LogP) is 2.24. The van der Waals surface area contributed by atoms with Crippen molar-refractivity contribution >= 4 is 36.2 Å². The van der Waals surface area contributed by atoms with Crippen LogP contribution in [0.2, 0.25) is 0 Å². The number of rotatable bonds is 4. The molecule has 22 heavy (non-hydrogen) atoms. The van der Waals surface area contributed by atoms with Gasteiger partial charge in [0.1, 0.15) is 11.4 Å². The quantitative estimate of drug-likeness (QED) is 0.499. The Labute approximate surface area is 131 Å². The minimum absolute atomic E-state index is 0.